The second kappa shape index (κ2) is 4.86. The molecule has 3 nitrogen and oxygen atoms in total. The van der Waals surface area contributed by atoms with Crippen LogP contribution in [-0.2, 0) is 0 Å². The SMILES string of the molecule is CNC(c1ccc2ncccc2c1)c1ccc(C)o1. The first-order valence-corrected chi connectivity index (χ1v) is 6.36. The van der Waals surface area contributed by atoms with Crippen LogP contribution in [0.4, 0.5) is 0 Å². The van der Waals surface area contributed by atoms with E-state index in [0.717, 1.165) is 22.4 Å². The second-order valence-corrected chi connectivity index (χ2v) is 4.63. The lowest BCUT2D eigenvalue weighted by Crippen LogP contribution is -2.16. The summed E-state index contributed by atoms with van der Waals surface area (Å²) in [6.07, 6.45) is 1.81. The summed E-state index contributed by atoms with van der Waals surface area (Å²) >= 11 is 0. The van der Waals surface area contributed by atoms with Gasteiger partial charge >= 0.3 is 0 Å². The first kappa shape index (κ1) is 11.9. The van der Waals surface area contributed by atoms with Crippen LogP contribution in [-0.4, -0.2) is 12.0 Å². The number of hydrogen-bond donors (Lipinski definition) is 1. The molecule has 0 bridgehead atoms. The minimum absolute atomic E-state index is 0.0679. The number of benzene rings is 1. The molecule has 0 saturated heterocycles. The van der Waals surface area contributed by atoms with E-state index in [9.17, 15) is 0 Å². The number of aryl methyl sites for hydroxylation is 1. The molecule has 3 rings (SSSR count). The van der Waals surface area contributed by atoms with Crippen LogP contribution in [0.5, 0.6) is 0 Å². The fourth-order valence-corrected chi connectivity index (χ4v) is 2.36. The summed E-state index contributed by atoms with van der Waals surface area (Å²) in [5, 5.41) is 4.44. The zero-order chi connectivity index (χ0) is 13.2. The minimum atomic E-state index is 0.0679. The van der Waals surface area contributed by atoms with Gasteiger partial charge in [0.2, 0.25) is 0 Å². The number of nitrogens with zero attached hydrogens (tertiary/aromatic N) is 1. The Kier molecular flexibility index (Phi) is 3.05. The van der Waals surface area contributed by atoms with Crippen LogP contribution < -0.4 is 5.32 Å². The van der Waals surface area contributed by atoms with Crippen molar-refractivity contribution in [1.82, 2.24) is 10.3 Å². The van der Waals surface area contributed by atoms with Crippen molar-refractivity contribution in [3.05, 3.63) is 65.7 Å². The van der Waals surface area contributed by atoms with E-state index < -0.39 is 0 Å². The topological polar surface area (TPSA) is 38.1 Å². The van der Waals surface area contributed by atoms with Gasteiger partial charge in [0.25, 0.3) is 0 Å². The van der Waals surface area contributed by atoms with Crippen molar-refractivity contribution in [2.24, 2.45) is 0 Å². The predicted molar refractivity (Wildman–Crippen MR) is 76.1 cm³/mol. The molecule has 1 atom stereocenters. The zero-order valence-electron chi connectivity index (χ0n) is 11.1. The summed E-state index contributed by atoms with van der Waals surface area (Å²) < 4.78 is 5.72. The van der Waals surface area contributed by atoms with Crippen LogP contribution in [0.15, 0.2) is 53.1 Å². The third-order valence-electron chi connectivity index (χ3n) is 3.29. The molecule has 0 aliphatic rings. The summed E-state index contributed by atoms with van der Waals surface area (Å²) in [7, 11) is 1.94. The highest BCUT2D eigenvalue weighted by Crippen LogP contribution is 2.25. The average molecular weight is 252 g/mol. The van der Waals surface area contributed by atoms with Crippen LogP contribution in [0, 0.1) is 6.92 Å². The predicted octanol–water partition coefficient (Wildman–Crippen LogP) is 3.45. The first-order valence-electron chi connectivity index (χ1n) is 6.36. The van der Waals surface area contributed by atoms with Crippen molar-refractivity contribution >= 4 is 10.9 Å². The molecule has 2 heterocycles. The molecule has 0 radical (unpaired) electrons. The molecular weight excluding hydrogens is 236 g/mol. The van der Waals surface area contributed by atoms with Crippen molar-refractivity contribution in [3.8, 4) is 0 Å². The van der Waals surface area contributed by atoms with Gasteiger partial charge < -0.3 is 9.73 Å². The van der Waals surface area contributed by atoms with E-state index in [0.29, 0.717) is 0 Å². The Morgan fingerprint density at radius 1 is 1.16 bits per heavy atom. The van der Waals surface area contributed by atoms with Gasteiger partial charge in [0, 0.05) is 11.6 Å². The largest absolute Gasteiger partial charge is 0.464 e. The van der Waals surface area contributed by atoms with Crippen LogP contribution in [0.3, 0.4) is 0 Å². The highest BCUT2D eigenvalue weighted by molar-refractivity contribution is 5.79. The number of nitrogens with one attached hydrogen (secondary N) is 1. The van der Waals surface area contributed by atoms with Crippen molar-refractivity contribution in [3.63, 3.8) is 0 Å². The smallest absolute Gasteiger partial charge is 0.125 e. The fourth-order valence-electron chi connectivity index (χ4n) is 2.36. The van der Waals surface area contributed by atoms with E-state index in [1.54, 1.807) is 0 Å². The third-order valence-corrected chi connectivity index (χ3v) is 3.29. The maximum atomic E-state index is 5.72. The lowest BCUT2D eigenvalue weighted by Gasteiger charge is -2.14. The quantitative estimate of drug-likeness (QED) is 0.776. The van der Waals surface area contributed by atoms with Gasteiger partial charge in [-0.2, -0.15) is 0 Å². The van der Waals surface area contributed by atoms with Gasteiger partial charge in [-0.15, -0.1) is 0 Å². The molecule has 0 saturated carbocycles. The highest BCUT2D eigenvalue weighted by Gasteiger charge is 2.15. The molecule has 3 heteroatoms. The fraction of sp³-hybridized carbons (Fsp3) is 0.188. The van der Waals surface area contributed by atoms with Gasteiger partial charge in [0.1, 0.15) is 11.5 Å². The number of hydrogen-bond acceptors (Lipinski definition) is 3. The Bertz CT molecular complexity index is 703. The molecule has 0 aliphatic carbocycles. The number of fused-ring (bicyclic) bond motifs is 1. The highest BCUT2D eigenvalue weighted by atomic mass is 16.3. The summed E-state index contributed by atoms with van der Waals surface area (Å²) in [6.45, 7) is 1.96. The van der Waals surface area contributed by atoms with E-state index in [1.807, 2.05) is 44.4 Å². The Balaban J connectivity index is 2.06. The van der Waals surface area contributed by atoms with E-state index in [2.05, 4.69) is 28.5 Å². The van der Waals surface area contributed by atoms with Crippen molar-refractivity contribution in [1.29, 1.82) is 0 Å². The molecule has 19 heavy (non-hydrogen) atoms. The van der Waals surface area contributed by atoms with E-state index in [4.69, 9.17) is 4.42 Å². The number of furan rings is 1. The van der Waals surface area contributed by atoms with Crippen LogP contribution >= 0.6 is 0 Å². The van der Waals surface area contributed by atoms with Gasteiger partial charge in [-0.25, -0.2) is 0 Å². The van der Waals surface area contributed by atoms with Gasteiger partial charge in [0.05, 0.1) is 11.6 Å². The summed E-state index contributed by atoms with van der Waals surface area (Å²) in [6, 6.07) is 14.4. The van der Waals surface area contributed by atoms with Crippen molar-refractivity contribution < 1.29 is 4.42 Å². The van der Waals surface area contributed by atoms with E-state index >= 15 is 0 Å². The number of aromatic nitrogens is 1. The molecule has 1 aromatic carbocycles. The van der Waals surface area contributed by atoms with Crippen molar-refractivity contribution in [2.45, 2.75) is 13.0 Å². The first-order chi connectivity index (χ1) is 9.28. The Hall–Kier alpha value is -2.13. The molecule has 0 amide bonds. The van der Waals surface area contributed by atoms with Gasteiger partial charge in [-0.1, -0.05) is 12.1 Å². The van der Waals surface area contributed by atoms with E-state index in [1.165, 1.54) is 5.56 Å². The molecule has 1 unspecified atom stereocenters. The lowest BCUT2D eigenvalue weighted by atomic mass is 10.0. The standard InChI is InChI=1S/C16H16N2O/c1-11-5-8-15(19-11)16(17-2)13-6-7-14-12(10-13)4-3-9-18-14/h3-10,16-17H,1-2H3. The summed E-state index contributed by atoms with van der Waals surface area (Å²) in [4.78, 5) is 4.34. The van der Waals surface area contributed by atoms with Crippen molar-refractivity contribution in [2.75, 3.05) is 7.05 Å². The second-order valence-electron chi connectivity index (χ2n) is 4.63. The minimum Gasteiger partial charge on any atom is -0.464 e. The zero-order valence-corrected chi connectivity index (χ0v) is 11.1. The molecule has 1 N–H and O–H groups in total. The number of pyridine rings is 1. The Morgan fingerprint density at radius 2 is 2.05 bits per heavy atom. The molecule has 3 aromatic rings. The lowest BCUT2D eigenvalue weighted by molar-refractivity contribution is 0.444. The summed E-state index contributed by atoms with van der Waals surface area (Å²) in [5.74, 6) is 1.86. The van der Waals surface area contributed by atoms with Crippen LogP contribution in [0.1, 0.15) is 23.1 Å². The normalized spacial score (nSPS) is 12.7. The average Bonchev–Trinajstić information content (AvgIpc) is 2.86. The van der Waals surface area contributed by atoms with Gasteiger partial charge in [0.15, 0.2) is 0 Å². The Labute approximate surface area is 112 Å². The molecule has 2 aromatic heterocycles. The molecule has 0 fully saturated rings. The summed E-state index contributed by atoms with van der Waals surface area (Å²) in [5.41, 5.74) is 2.19. The maximum Gasteiger partial charge on any atom is 0.125 e. The van der Waals surface area contributed by atoms with Crippen LogP contribution in [0.2, 0.25) is 0 Å². The van der Waals surface area contributed by atoms with Gasteiger partial charge in [-0.3, -0.25) is 4.98 Å². The van der Waals surface area contributed by atoms with Gasteiger partial charge in [-0.05, 0) is 49.9 Å². The monoisotopic (exact) mass is 252 g/mol. The Morgan fingerprint density at radius 3 is 2.79 bits per heavy atom. The maximum absolute atomic E-state index is 5.72. The molecule has 0 spiro atoms. The number of rotatable bonds is 3. The molecule has 96 valence electrons. The molecular formula is C16H16N2O. The van der Waals surface area contributed by atoms with Crippen LogP contribution in [0.25, 0.3) is 10.9 Å². The third kappa shape index (κ3) is 2.25. The molecule has 0 aliphatic heterocycles. The van der Waals surface area contributed by atoms with E-state index in [-0.39, 0.29) is 6.04 Å².